The topological polar surface area (TPSA) is 93.2 Å². The second kappa shape index (κ2) is 6.56. The van der Waals surface area contributed by atoms with Crippen LogP contribution >= 0.6 is 0 Å². The molecule has 6 heteroatoms. The first-order valence-corrected chi connectivity index (χ1v) is 6.61. The van der Waals surface area contributed by atoms with Gasteiger partial charge in [-0.05, 0) is 25.2 Å². The standard InChI is InChI=1S/C13H24N4O2/c1-4-17-8-10(14)11(16-17)12(19)15-9-13(2,3)6-5-7-18/h8,18H,4-7,9,14H2,1-3H3,(H,15,19). The normalized spacial score (nSPS) is 11.6. The van der Waals surface area contributed by atoms with E-state index in [9.17, 15) is 4.79 Å². The van der Waals surface area contributed by atoms with Crippen molar-refractivity contribution in [2.75, 3.05) is 18.9 Å². The SMILES string of the molecule is CCn1cc(N)c(C(=O)NCC(C)(C)CCCO)n1. The maximum atomic E-state index is 12.0. The molecule has 0 aliphatic rings. The van der Waals surface area contributed by atoms with E-state index < -0.39 is 0 Å². The Morgan fingerprint density at radius 3 is 2.79 bits per heavy atom. The van der Waals surface area contributed by atoms with E-state index in [0.717, 1.165) is 12.8 Å². The van der Waals surface area contributed by atoms with Crippen LogP contribution in [0.25, 0.3) is 0 Å². The van der Waals surface area contributed by atoms with Gasteiger partial charge in [0.2, 0.25) is 0 Å². The molecule has 0 saturated carbocycles. The number of carbonyl (C=O) groups is 1. The molecule has 1 amide bonds. The summed E-state index contributed by atoms with van der Waals surface area (Å²) >= 11 is 0. The molecule has 0 spiro atoms. The molecule has 0 atom stereocenters. The Morgan fingerprint density at radius 2 is 2.26 bits per heavy atom. The number of aliphatic hydroxyl groups is 1. The Morgan fingerprint density at radius 1 is 1.58 bits per heavy atom. The Hall–Kier alpha value is -1.56. The molecular weight excluding hydrogens is 244 g/mol. The molecule has 0 saturated heterocycles. The lowest BCUT2D eigenvalue weighted by atomic mass is 9.88. The Bertz CT molecular complexity index is 426. The average Bonchev–Trinajstić information content (AvgIpc) is 2.75. The number of anilines is 1. The summed E-state index contributed by atoms with van der Waals surface area (Å²) in [6.45, 7) is 7.43. The number of aliphatic hydroxyl groups excluding tert-OH is 1. The van der Waals surface area contributed by atoms with Crippen molar-refractivity contribution in [2.24, 2.45) is 5.41 Å². The maximum Gasteiger partial charge on any atom is 0.273 e. The van der Waals surface area contributed by atoms with Crippen LogP contribution in [-0.2, 0) is 6.54 Å². The van der Waals surface area contributed by atoms with Gasteiger partial charge < -0.3 is 16.2 Å². The molecule has 0 aliphatic heterocycles. The number of hydrogen-bond donors (Lipinski definition) is 3. The van der Waals surface area contributed by atoms with Crippen LogP contribution in [0.4, 0.5) is 5.69 Å². The van der Waals surface area contributed by atoms with Gasteiger partial charge >= 0.3 is 0 Å². The number of amides is 1. The molecule has 1 rings (SSSR count). The van der Waals surface area contributed by atoms with Gasteiger partial charge in [-0.2, -0.15) is 5.10 Å². The third-order valence-corrected chi connectivity index (χ3v) is 3.07. The summed E-state index contributed by atoms with van der Waals surface area (Å²) in [5, 5.41) is 15.8. The fourth-order valence-electron chi connectivity index (χ4n) is 1.82. The maximum absolute atomic E-state index is 12.0. The summed E-state index contributed by atoms with van der Waals surface area (Å²) in [5.74, 6) is -0.248. The van der Waals surface area contributed by atoms with Crippen LogP contribution in [0.2, 0.25) is 0 Å². The summed E-state index contributed by atoms with van der Waals surface area (Å²) in [5.41, 5.74) is 6.38. The zero-order valence-corrected chi connectivity index (χ0v) is 11.9. The lowest BCUT2D eigenvalue weighted by Gasteiger charge is -2.24. The van der Waals surface area contributed by atoms with E-state index in [1.165, 1.54) is 0 Å². The molecule has 108 valence electrons. The first-order chi connectivity index (χ1) is 8.89. The Balaban J connectivity index is 2.57. The molecule has 0 bridgehead atoms. The van der Waals surface area contributed by atoms with Gasteiger partial charge in [0.25, 0.3) is 5.91 Å². The van der Waals surface area contributed by atoms with Crippen LogP contribution in [0.5, 0.6) is 0 Å². The van der Waals surface area contributed by atoms with Crippen LogP contribution in [0, 0.1) is 5.41 Å². The van der Waals surface area contributed by atoms with E-state index in [4.69, 9.17) is 10.8 Å². The molecule has 0 fully saturated rings. The van der Waals surface area contributed by atoms with Crippen molar-refractivity contribution in [2.45, 2.75) is 40.2 Å². The lowest BCUT2D eigenvalue weighted by molar-refractivity contribution is 0.0928. The monoisotopic (exact) mass is 268 g/mol. The van der Waals surface area contributed by atoms with Gasteiger partial charge in [0.1, 0.15) is 0 Å². The summed E-state index contributed by atoms with van der Waals surface area (Å²) in [7, 11) is 0. The number of nitrogens with zero attached hydrogens (tertiary/aromatic N) is 2. The number of nitrogens with two attached hydrogens (primary N) is 1. The summed E-state index contributed by atoms with van der Waals surface area (Å²) in [6, 6.07) is 0. The number of rotatable bonds is 7. The predicted octanol–water partition coefficient (Wildman–Crippen LogP) is 1.01. The number of aromatic nitrogens is 2. The van der Waals surface area contributed by atoms with E-state index in [1.54, 1.807) is 10.9 Å². The van der Waals surface area contributed by atoms with Gasteiger partial charge in [0.15, 0.2) is 5.69 Å². The minimum atomic E-state index is -0.248. The van der Waals surface area contributed by atoms with Crippen molar-refractivity contribution < 1.29 is 9.90 Å². The molecule has 1 heterocycles. The second-order valence-corrected chi connectivity index (χ2v) is 5.46. The second-order valence-electron chi connectivity index (χ2n) is 5.46. The van der Waals surface area contributed by atoms with Gasteiger partial charge in [0, 0.05) is 25.9 Å². The molecule has 0 unspecified atom stereocenters. The van der Waals surface area contributed by atoms with Crippen molar-refractivity contribution in [3.05, 3.63) is 11.9 Å². The highest BCUT2D eigenvalue weighted by Crippen LogP contribution is 2.21. The molecule has 1 aromatic heterocycles. The first-order valence-electron chi connectivity index (χ1n) is 6.61. The van der Waals surface area contributed by atoms with E-state index in [1.807, 2.05) is 6.92 Å². The number of nitrogens with one attached hydrogen (secondary N) is 1. The van der Waals surface area contributed by atoms with Gasteiger partial charge in [0.05, 0.1) is 5.69 Å². The lowest BCUT2D eigenvalue weighted by Crippen LogP contribution is -2.34. The zero-order chi connectivity index (χ0) is 14.5. The molecule has 6 nitrogen and oxygen atoms in total. The van der Waals surface area contributed by atoms with Gasteiger partial charge in [-0.25, -0.2) is 0 Å². The van der Waals surface area contributed by atoms with Crippen molar-refractivity contribution in [1.29, 1.82) is 0 Å². The van der Waals surface area contributed by atoms with Gasteiger partial charge in [-0.1, -0.05) is 13.8 Å². The third-order valence-electron chi connectivity index (χ3n) is 3.07. The molecule has 0 radical (unpaired) electrons. The zero-order valence-electron chi connectivity index (χ0n) is 11.9. The highest BCUT2D eigenvalue weighted by Gasteiger charge is 2.21. The predicted molar refractivity (Wildman–Crippen MR) is 74.7 cm³/mol. The van der Waals surface area contributed by atoms with Crippen molar-refractivity contribution in [3.63, 3.8) is 0 Å². The number of carbonyl (C=O) groups excluding carboxylic acids is 1. The number of nitrogen functional groups attached to an aromatic ring is 1. The fourth-order valence-corrected chi connectivity index (χ4v) is 1.82. The largest absolute Gasteiger partial charge is 0.396 e. The summed E-state index contributed by atoms with van der Waals surface area (Å²) in [6.07, 6.45) is 3.24. The van der Waals surface area contributed by atoms with Crippen LogP contribution in [0.15, 0.2) is 6.20 Å². The van der Waals surface area contributed by atoms with Crippen LogP contribution < -0.4 is 11.1 Å². The molecule has 19 heavy (non-hydrogen) atoms. The fraction of sp³-hybridized carbons (Fsp3) is 0.692. The Kier molecular flexibility index (Phi) is 5.35. The van der Waals surface area contributed by atoms with Crippen LogP contribution in [-0.4, -0.2) is 33.9 Å². The van der Waals surface area contributed by atoms with Crippen LogP contribution in [0.1, 0.15) is 44.1 Å². The Labute approximate surface area is 114 Å². The average molecular weight is 268 g/mol. The van der Waals surface area contributed by atoms with Crippen molar-refractivity contribution in [3.8, 4) is 0 Å². The highest BCUT2D eigenvalue weighted by atomic mass is 16.2. The molecule has 4 N–H and O–H groups in total. The minimum absolute atomic E-state index is 0.0551. The van der Waals surface area contributed by atoms with Crippen molar-refractivity contribution >= 4 is 11.6 Å². The minimum Gasteiger partial charge on any atom is -0.396 e. The third kappa shape index (κ3) is 4.55. The molecule has 0 aromatic carbocycles. The van der Waals surface area contributed by atoms with E-state index in [0.29, 0.717) is 18.8 Å². The summed E-state index contributed by atoms with van der Waals surface area (Å²) in [4.78, 5) is 12.0. The first kappa shape index (κ1) is 15.5. The van der Waals surface area contributed by atoms with Crippen molar-refractivity contribution in [1.82, 2.24) is 15.1 Å². The quantitative estimate of drug-likeness (QED) is 0.688. The van der Waals surface area contributed by atoms with E-state index >= 15 is 0 Å². The molecule has 1 aromatic rings. The van der Waals surface area contributed by atoms with Gasteiger partial charge in [-0.3, -0.25) is 9.48 Å². The molecule has 0 aliphatic carbocycles. The molecular formula is C13H24N4O2. The van der Waals surface area contributed by atoms with E-state index in [2.05, 4.69) is 24.3 Å². The smallest absolute Gasteiger partial charge is 0.273 e. The highest BCUT2D eigenvalue weighted by molar-refractivity contribution is 5.97. The number of hydrogen-bond acceptors (Lipinski definition) is 4. The van der Waals surface area contributed by atoms with E-state index in [-0.39, 0.29) is 23.6 Å². The van der Waals surface area contributed by atoms with Crippen LogP contribution in [0.3, 0.4) is 0 Å². The summed E-state index contributed by atoms with van der Waals surface area (Å²) < 4.78 is 1.64. The number of aryl methyl sites for hydroxylation is 1. The van der Waals surface area contributed by atoms with Gasteiger partial charge in [-0.15, -0.1) is 0 Å².